The number of nitrogens with one attached hydrogen (secondary N) is 1. The standard InChI is InChI=1S/C12H11BrN2O4S2/c13-10-1-2-11(15(16)17)12(7-10)21(18,19)14-5-3-9-4-6-20-8-9/h1-2,4,6-8,14H,3,5H2. The van der Waals surface area contributed by atoms with Crippen molar-refractivity contribution in [1.82, 2.24) is 4.72 Å². The molecular formula is C12H11BrN2O4S2. The molecule has 0 saturated carbocycles. The number of hydrogen-bond acceptors (Lipinski definition) is 5. The molecule has 0 spiro atoms. The van der Waals surface area contributed by atoms with Crippen LogP contribution in [0.5, 0.6) is 0 Å². The molecule has 2 rings (SSSR count). The Hall–Kier alpha value is -1.29. The number of nitrogens with zero attached hydrogens (tertiary/aromatic N) is 1. The Kier molecular flexibility index (Phi) is 5.09. The Morgan fingerprint density at radius 1 is 1.33 bits per heavy atom. The van der Waals surface area contributed by atoms with E-state index in [-0.39, 0.29) is 11.4 Å². The van der Waals surface area contributed by atoms with Crippen molar-refractivity contribution in [3.8, 4) is 0 Å². The molecular weight excluding hydrogens is 380 g/mol. The summed E-state index contributed by atoms with van der Waals surface area (Å²) in [5, 5.41) is 14.8. The van der Waals surface area contributed by atoms with Crippen molar-refractivity contribution in [2.24, 2.45) is 0 Å². The third-order valence-corrected chi connectivity index (χ3v) is 5.41. The van der Waals surface area contributed by atoms with Crippen LogP contribution in [0.15, 0.2) is 44.4 Å². The summed E-state index contributed by atoms with van der Waals surface area (Å²) in [6.07, 6.45) is 0.532. The zero-order valence-electron chi connectivity index (χ0n) is 10.7. The summed E-state index contributed by atoms with van der Waals surface area (Å²) in [5.41, 5.74) is 0.577. The van der Waals surface area contributed by atoms with Gasteiger partial charge in [-0.2, -0.15) is 11.3 Å². The first-order valence-corrected chi connectivity index (χ1v) is 9.07. The molecule has 0 aliphatic heterocycles. The lowest BCUT2D eigenvalue weighted by atomic mass is 10.2. The quantitative estimate of drug-likeness (QED) is 0.606. The summed E-state index contributed by atoms with van der Waals surface area (Å²) in [5.74, 6) is 0. The molecule has 0 bridgehead atoms. The zero-order valence-corrected chi connectivity index (χ0v) is 13.9. The molecule has 6 nitrogen and oxygen atoms in total. The van der Waals surface area contributed by atoms with Gasteiger partial charge in [0.25, 0.3) is 5.69 Å². The van der Waals surface area contributed by atoms with Crippen LogP contribution in [0.2, 0.25) is 0 Å². The summed E-state index contributed by atoms with van der Waals surface area (Å²) >= 11 is 4.65. The van der Waals surface area contributed by atoms with Gasteiger partial charge in [-0.1, -0.05) is 15.9 Å². The first-order chi connectivity index (χ1) is 9.90. The molecule has 0 saturated heterocycles. The van der Waals surface area contributed by atoms with E-state index in [9.17, 15) is 18.5 Å². The lowest BCUT2D eigenvalue weighted by Gasteiger charge is -2.07. The average Bonchev–Trinajstić information content (AvgIpc) is 2.91. The van der Waals surface area contributed by atoms with Gasteiger partial charge < -0.3 is 0 Å². The number of halogens is 1. The summed E-state index contributed by atoms with van der Waals surface area (Å²) < 4.78 is 27.3. The van der Waals surface area contributed by atoms with Gasteiger partial charge >= 0.3 is 0 Å². The first kappa shape index (κ1) is 16.1. The number of thiophene rings is 1. The van der Waals surface area contributed by atoms with Crippen LogP contribution in [0.1, 0.15) is 5.56 Å². The average molecular weight is 391 g/mol. The predicted molar refractivity (Wildman–Crippen MR) is 84.0 cm³/mol. The molecule has 0 aliphatic carbocycles. The number of nitro groups is 1. The number of hydrogen-bond donors (Lipinski definition) is 1. The molecule has 9 heteroatoms. The zero-order chi connectivity index (χ0) is 15.5. The fraction of sp³-hybridized carbons (Fsp3) is 0.167. The third-order valence-electron chi connectivity index (χ3n) is 2.69. The van der Waals surface area contributed by atoms with E-state index in [1.807, 2.05) is 16.8 Å². The number of nitro benzene ring substituents is 1. The van der Waals surface area contributed by atoms with Crippen molar-refractivity contribution < 1.29 is 13.3 Å². The first-order valence-electron chi connectivity index (χ1n) is 5.85. The molecule has 0 radical (unpaired) electrons. The van der Waals surface area contributed by atoms with E-state index in [1.54, 1.807) is 0 Å². The third kappa shape index (κ3) is 4.10. The van der Waals surface area contributed by atoms with Crippen molar-refractivity contribution in [3.63, 3.8) is 0 Å². The fourth-order valence-electron chi connectivity index (χ4n) is 1.70. The van der Waals surface area contributed by atoms with Crippen molar-refractivity contribution >= 4 is 43.0 Å². The summed E-state index contributed by atoms with van der Waals surface area (Å²) in [6, 6.07) is 5.73. The van der Waals surface area contributed by atoms with Crippen LogP contribution in [-0.2, 0) is 16.4 Å². The molecule has 0 aliphatic rings. The minimum Gasteiger partial charge on any atom is -0.258 e. The highest BCUT2D eigenvalue weighted by molar-refractivity contribution is 9.10. The Bertz CT molecular complexity index is 745. The second-order valence-corrected chi connectivity index (χ2v) is 7.58. The predicted octanol–water partition coefficient (Wildman–Crippen LogP) is 2.94. The number of sulfonamides is 1. The molecule has 1 aromatic heterocycles. The fourth-order valence-corrected chi connectivity index (χ4v) is 4.14. The van der Waals surface area contributed by atoms with Gasteiger partial charge in [0.05, 0.1) is 4.92 Å². The minimum atomic E-state index is -3.93. The highest BCUT2D eigenvalue weighted by Gasteiger charge is 2.25. The Balaban J connectivity index is 2.19. The van der Waals surface area contributed by atoms with Gasteiger partial charge in [0.15, 0.2) is 4.90 Å². The molecule has 0 atom stereocenters. The van der Waals surface area contributed by atoms with Gasteiger partial charge in [0.1, 0.15) is 0 Å². The van der Waals surface area contributed by atoms with Crippen molar-refractivity contribution in [3.05, 3.63) is 55.2 Å². The normalized spacial score (nSPS) is 11.5. The van der Waals surface area contributed by atoms with E-state index in [2.05, 4.69) is 20.7 Å². The van der Waals surface area contributed by atoms with Crippen molar-refractivity contribution in [2.45, 2.75) is 11.3 Å². The van der Waals surface area contributed by atoms with Gasteiger partial charge in [-0.3, -0.25) is 10.1 Å². The maximum Gasteiger partial charge on any atom is 0.289 e. The summed E-state index contributed by atoms with van der Waals surface area (Å²) in [6.45, 7) is 0.183. The molecule has 21 heavy (non-hydrogen) atoms. The van der Waals surface area contributed by atoms with E-state index in [0.717, 1.165) is 11.6 Å². The van der Waals surface area contributed by atoms with Crippen molar-refractivity contribution in [2.75, 3.05) is 6.54 Å². The molecule has 2 aromatic rings. The van der Waals surface area contributed by atoms with E-state index >= 15 is 0 Å². The van der Waals surface area contributed by atoms with Gasteiger partial charge in [0.2, 0.25) is 10.0 Å². The highest BCUT2D eigenvalue weighted by Crippen LogP contribution is 2.27. The van der Waals surface area contributed by atoms with Crippen molar-refractivity contribution in [1.29, 1.82) is 0 Å². The van der Waals surface area contributed by atoms with Crippen LogP contribution in [0, 0.1) is 10.1 Å². The molecule has 0 amide bonds. The van der Waals surface area contributed by atoms with Crippen LogP contribution in [0.25, 0.3) is 0 Å². The smallest absolute Gasteiger partial charge is 0.258 e. The van der Waals surface area contributed by atoms with Crippen LogP contribution < -0.4 is 4.72 Å². The van der Waals surface area contributed by atoms with E-state index in [4.69, 9.17) is 0 Å². The maximum atomic E-state index is 12.2. The Morgan fingerprint density at radius 2 is 2.10 bits per heavy atom. The number of benzene rings is 1. The minimum absolute atomic E-state index is 0.183. The highest BCUT2D eigenvalue weighted by atomic mass is 79.9. The van der Waals surface area contributed by atoms with Gasteiger partial charge in [-0.05, 0) is 40.9 Å². The van der Waals surface area contributed by atoms with Gasteiger partial charge in [-0.25, -0.2) is 13.1 Å². The molecule has 0 unspecified atom stereocenters. The van der Waals surface area contributed by atoms with Crippen LogP contribution in [0.3, 0.4) is 0 Å². The molecule has 1 heterocycles. The van der Waals surface area contributed by atoms with Gasteiger partial charge in [0, 0.05) is 17.1 Å². The van der Waals surface area contributed by atoms with E-state index in [1.165, 1.54) is 23.5 Å². The second-order valence-electron chi connectivity index (χ2n) is 4.15. The van der Waals surface area contributed by atoms with Crippen LogP contribution in [0.4, 0.5) is 5.69 Å². The topological polar surface area (TPSA) is 89.3 Å². The number of rotatable bonds is 6. The van der Waals surface area contributed by atoms with Gasteiger partial charge in [-0.15, -0.1) is 0 Å². The Morgan fingerprint density at radius 3 is 2.71 bits per heavy atom. The summed E-state index contributed by atoms with van der Waals surface area (Å²) in [7, 11) is -3.93. The summed E-state index contributed by atoms with van der Waals surface area (Å²) in [4.78, 5) is 9.89. The lowest BCUT2D eigenvalue weighted by Crippen LogP contribution is -2.26. The van der Waals surface area contributed by atoms with Crippen LogP contribution in [-0.4, -0.2) is 19.9 Å². The van der Waals surface area contributed by atoms with Crippen LogP contribution >= 0.6 is 27.3 Å². The lowest BCUT2D eigenvalue weighted by molar-refractivity contribution is -0.387. The maximum absolute atomic E-state index is 12.2. The van der Waals surface area contributed by atoms with E-state index < -0.39 is 20.6 Å². The van der Waals surface area contributed by atoms with E-state index in [0.29, 0.717) is 10.9 Å². The molecule has 1 aromatic carbocycles. The molecule has 112 valence electrons. The second kappa shape index (κ2) is 6.65. The SMILES string of the molecule is O=[N+]([O-])c1ccc(Br)cc1S(=O)(=O)NCCc1ccsc1. The Labute approximate surface area is 134 Å². The monoisotopic (exact) mass is 390 g/mol. The largest absolute Gasteiger partial charge is 0.289 e. The molecule has 0 fully saturated rings. The molecule has 1 N–H and O–H groups in total.